The average molecular weight is 465 g/mol. The summed E-state index contributed by atoms with van der Waals surface area (Å²) in [5.41, 5.74) is 1.43. The number of fused-ring (bicyclic) bond motifs is 1. The molecule has 33 heavy (non-hydrogen) atoms. The van der Waals surface area contributed by atoms with Gasteiger partial charge in [0, 0.05) is 18.9 Å². The van der Waals surface area contributed by atoms with E-state index in [1.165, 1.54) is 18.8 Å². The molecule has 0 aromatic rings. The number of hydrogen-bond acceptors (Lipinski definition) is 5. The zero-order valence-electron chi connectivity index (χ0n) is 20.3. The van der Waals surface area contributed by atoms with Crippen LogP contribution in [0.1, 0.15) is 84.0 Å². The van der Waals surface area contributed by atoms with Crippen LogP contribution in [-0.2, 0) is 23.8 Å². The SMILES string of the molecule is CCCCC(F)C(=O)/C=C/[C@H]1[C@H]2CC(CCCCC(=O)OC)=C[C@H]2C[C@H]1OC1CCCCO1. The van der Waals surface area contributed by atoms with Crippen LogP contribution in [0.2, 0.25) is 0 Å². The lowest BCUT2D eigenvalue weighted by atomic mass is 9.88. The van der Waals surface area contributed by atoms with Crippen molar-refractivity contribution in [2.75, 3.05) is 13.7 Å². The van der Waals surface area contributed by atoms with Crippen LogP contribution in [0.25, 0.3) is 0 Å². The molecule has 186 valence electrons. The van der Waals surface area contributed by atoms with E-state index >= 15 is 0 Å². The molecule has 1 saturated heterocycles. The Hall–Kier alpha value is -1.53. The molecule has 0 radical (unpaired) electrons. The molecule has 1 heterocycles. The number of hydrogen-bond donors (Lipinski definition) is 0. The maximum absolute atomic E-state index is 14.2. The molecule has 2 aliphatic carbocycles. The Morgan fingerprint density at radius 2 is 2.12 bits per heavy atom. The van der Waals surface area contributed by atoms with Crippen molar-refractivity contribution in [2.24, 2.45) is 17.8 Å². The van der Waals surface area contributed by atoms with Crippen molar-refractivity contribution >= 4 is 11.8 Å². The van der Waals surface area contributed by atoms with Gasteiger partial charge in [-0.1, -0.05) is 37.5 Å². The van der Waals surface area contributed by atoms with Crippen LogP contribution in [0, 0.1) is 17.8 Å². The van der Waals surface area contributed by atoms with Gasteiger partial charge in [0.2, 0.25) is 0 Å². The number of allylic oxidation sites excluding steroid dienone is 3. The Balaban J connectivity index is 1.59. The molecule has 0 aromatic heterocycles. The highest BCUT2D eigenvalue weighted by molar-refractivity contribution is 5.93. The van der Waals surface area contributed by atoms with Gasteiger partial charge < -0.3 is 14.2 Å². The fraction of sp³-hybridized carbons (Fsp3) is 0.778. The Kier molecular flexibility index (Phi) is 10.6. The lowest BCUT2D eigenvalue weighted by Crippen LogP contribution is -2.31. The summed E-state index contributed by atoms with van der Waals surface area (Å²) in [5.74, 6) is 0.310. The highest BCUT2D eigenvalue weighted by atomic mass is 19.1. The summed E-state index contributed by atoms with van der Waals surface area (Å²) in [5, 5.41) is 0. The summed E-state index contributed by atoms with van der Waals surface area (Å²) in [7, 11) is 1.42. The highest BCUT2D eigenvalue weighted by Crippen LogP contribution is 2.49. The molecule has 3 aliphatic rings. The standard InChI is InChI=1S/C27H41FO5/c1-3-4-10-23(28)24(29)14-13-21-22-17-19(9-5-6-11-26(30)31-2)16-20(22)18-25(21)33-27-12-7-8-15-32-27/h13-14,16,20-23,25,27H,3-12,15,17-18H2,1-2H3/b14-13+/t20-,21-,22-,23?,25+,27?/m0/s1. The van der Waals surface area contributed by atoms with Crippen molar-refractivity contribution in [2.45, 2.75) is 103 Å². The number of esters is 1. The molecule has 2 unspecified atom stereocenters. The molecular formula is C27H41FO5. The number of halogens is 1. The minimum atomic E-state index is -1.41. The van der Waals surface area contributed by atoms with Gasteiger partial charge in [-0.05, 0) is 75.7 Å². The molecule has 0 bridgehead atoms. The molecule has 1 saturated carbocycles. The molecule has 0 aromatic carbocycles. The van der Waals surface area contributed by atoms with Crippen molar-refractivity contribution in [3.63, 3.8) is 0 Å². The second-order valence-corrected chi connectivity index (χ2v) is 9.79. The fourth-order valence-corrected chi connectivity index (χ4v) is 5.49. The maximum Gasteiger partial charge on any atom is 0.305 e. The molecule has 0 N–H and O–H groups in total. The monoisotopic (exact) mass is 464 g/mol. The molecular weight excluding hydrogens is 423 g/mol. The van der Waals surface area contributed by atoms with Crippen LogP contribution in [0.15, 0.2) is 23.8 Å². The average Bonchev–Trinajstić information content (AvgIpc) is 3.36. The number of unbranched alkanes of at least 4 members (excludes halogenated alkanes) is 2. The first-order valence-electron chi connectivity index (χ1n) is 12.9. The van der Waals surface area contributed by atoms with Gasteiger partial charge in [0.1, 0.15) is 0 Å². The van der Waals surface area contributed by atoms with E-state index in [0.29, 0.717) is 24.7 Å². The molecule has 3 rings (SSSR count). The van der Waals surface area contributed by atoms with Crippen molar-refractivity contribution < 1.29 is 28.2 Å². The van der Waals surface area contributed by atoms with E-state index in [2.05, 4.69) is 6.08 Å². The second kappa shape index (κ2) is 13.4. The lowest BCUT2D eigenvalue weighted by molar-refractivity contribution is -0.192. The van der Waals surface area contributed by atoms with Crippen molar-refractivity contribution in [1.29, 1.82) is 0 Å². The van der Waals surface area contributed by atoms with Gasteiger partial charge in [0.15, 0.2) is 18.2 Å². The van der Waals surface area contributed by atoms with E-state index < -0.39 is 12.0 Å². The summed E-state index contributed by atoms with van der Waals surface area (Å²) < 4.78 is 31.1. The van der Waals surface area contributed by atoms with Crippen LogP contribution in [0.5, 0.6) is 0 Å². The van der Waals surface area contributed by atoms with Crippen LogP contribution < -0.4 is 0 Å². The summed E-state index contributed by atoms with van der Waals surface area (Å²) >= 11 is 0. The lowest BCUT2D eigenvalue weighted by Gasteiger charge is -2.29. The third kappa shape index (κ3) is 7.74. The molecule has 6 heteroatoms. The minimum Gasteiger partial charge on any atom is -0.469 e. The zero-order valence-corrected chi connectivity index (χ0v) is 20.3. The van der Waals surface area contributed by atoms with E-state index in [1.54, 1.807) is 0 Å². The zero-order chi connectivity index (χ0) is 23.6. The van der Waals surface area contributed by atoms with Crippen LogP contribution >= 0.6 is 0 Å². The summed E-state index contributed by atoms with van der Waals surface area (Å²) in [6.07, 6.45) is 14.3. The van der Waals surface area contributed by atoms with E-state index in [-0.39, 0.29) is 24.3 Å². The quantitative estimate of drug-likeness (QED) is 0.148. The molecule has 5 nitrogen and oxygen atoms in total. The topological polar surface area (TPSA) is 61.8 Å². The van der Waals surface area contributed by atoms with Gasteiger partial charge in [-0.25, -0.2) is 4.39 Å². The number of alkyl halides is 1. The predicted molar refractivity (Wildman–Crippen MR) is 125 cm³/mol. The third-order valence-corrected chi connectivity index (χ3v) is 7.35. The Bertz CT molecular complexity index is 697. The Morgan fingerprint density at radius 3 is 2.85 bits per heavy atom. The molecule has 2 fully saturated rings. The van der Waals surface area contributed by atoms with Crippen molar-refractivity contribution in [3.8, 4) is 0 Å². The smallest absolute Gasteiger partial charge is 0.305 e. The predicted octanol–water partition coefficient (Wildman–Crippen LogP) is 5.87. The Morgan fingerprint density at radius 1 is 1.27 bits per heavy atom. The first-order valence-corrected chi connectivity index (χ1v) is 12.9. The number of rotatable bonds is 13. The summed E-state index contributed by atoms with van der Waals surface area (Å²) in [6.45, 7) is 2.74. The number of carbonyl (C=O) groups is 2. The van der Waals surface area contributed by atoms with Gasteiger partial charge >= 0.3 is 5.97 Å². The number of ketones is 1. The fourth-order valence-electron chi connectivity index (χ4n) is 5.49. The van der Waals surface area contributed by atoms with E-state index in [4.69, 9.17) is 14.2 Å². The Labute approximate surface area is 198 Å². The van der Waals surface area contributed by atoms with Crippen LogP contribution in [0.3, 0.4) is 0 Å². The number of methoxy groups -OCH3 is 1. The normalized spacial score (nSPS) is 30.3. The maximum atomic E-state index is 14.2. The number of ether oxygens (including phenoxy) is 3. The highest BCUT2D eigenvalue weighted by Gasteiger charge is 2.45. The summed E-state index contributed by atoms with van der Waals surface area (Å²) in [4.78, 5) is 23.7. The van der Waals surface area contributed by atoms with Gasteiger partial charge in [0.05, 0.1) is 13.2 Å². The van der Waals surface area contributed by atoms with Crippen LogP contribution in [-0.4, -0.2) is 44.0 Å². The van der Waals surface area contributed by atoms with Gasteiger partial charge in [-0.2, -0.15) is 0 Å². The molecule has 1 aliphatic heterocycles. The van der Waals surface area contributed by atoms with E-state index in [1.807, 2.05) is 13.0 Å². The van der Waals surface area contributed by atoms with Crippen molar-refractivity contribution in [3.05, 3.63) is 23.8 Å². The first kappa shape index (κ1) is 26.1. The molecule has 6 atom stereocenters. The second-order valence-electron chi connectivity index (χ2n) is 9.79. The van der Waals surface area contributed by atoms with Gasteiger partial charge in [-0.3, -0.25) is 9.59 Å². The third-order valence-electron chi connectivity index (χ3n) is 7.35. The summed E-state index contributed by atoms with van der Waals surface area (Å²) in [6, 6.07) is 0. The van der Waals surface area contributed by atoms with Crippen LogP contribution in [0.4, 0.5) is 4.39 Å². The van der Waals surface area contributed by atoms with Gasteiger partial charge in [0.25, 0.3) is 0 Å². The minimum absolute atomic E-state index is 0.00187. The van der Waals surface area contributed by atoms with Gasteiger partial charge in [-0.15, -0.1) is 0 Å². The molecule has 0 amide bonds. The largest absolute Gasteiger partial charge is 0.469 e. The number of carbonyl (C=O) groups excluding carboxylic acids is 2. The molecule has 0 spiro atoms. The van der Waals surface area contributed by atoms with E-state index in [9.17, 15) is 14.0 Å². The first-order chi connectivity index (χ1) is 16.0. The van der Waals surface area contributed by atoms with Crippen molar-refractivity contribution in [1.82, 2.24) is 0 Å². The van der Waals surface area contributed by atoms with E-state index in [0.717, 1.165) is 70.8 Å².